The van der Waals surface area contributed by atoms with E-state index in [2.05, 4.69) is 4.98 Å². The van der Waals surface area contributed by atoms with Crippen LogP contribution in [0.3, 0.4) is 0 Å². The molecule has 3 rings (SSSR count). The Morgan fingerprint density at radius 2 is 1.78 bits per heavy atom. The molecule has 5 nitrogen and oxygen atoms in total. The minimum absolute atomic E-state index is 0.0167. The van der Waals surface area contributed by atoms with Gasteiger partial charge in [0.25, 0.3) is 5.56 Å². The van der Waals surface area contributed by atoms with Gasteiger partial charge in [-0.15, -0.1) is 0 Å². The molecule has 0 saturated carbocycles. The monoisotopic (exact) mass is 371 g/mol. The third kappa shape index (κ3) is 3.81. The number of rotatable bonds is 5. The SMILES string of the molecule is COc1ccc(Cn2c(N)nc(C(C)c3c(F)cccc3F)cc2=O)cc1. The molecule has 0 aliphatic carbocycles. The summed E-state index contributed by atoms with van der Waals surface area (Å²) in [4.78, 5) is 16.7. The normalized spacial score (nSPS) is 12.0. The molecule has 0 spiro atoms. The van der Waals surface area contributed by atoms with E-state index < -0.39 is 23.1 Å². The van der Waals surface area contributed by atoms with Gasteiger partial charge in [0.2, 0.25) is 5.95 Å². The quantitative estimate of drug-likeness (QED) is 0.747. The van der Waals surface area contributed by atoms with Crippen molar-refractivity contribution in [3.63, 3.8) is 0 Å². The van der Waals surface area contributed by atoms with Crippen molar-refractivity contribution < 1.29 is 13.5 Å². The molecule has 3 aromatic rings. The number of nitrogens with zero attached hydrogens (tertiary/aromatic N) is 2. The number of hydrogen-bond acceptors (Lipinski definition) is 4. The summed E-state index contributed by atoms with van der Waals surface area (Å²) >= 11 is 0. The standard InChI is InChI=1S/C20H19F2N3O2/c1-12(19-15(21)4-3-5-16(19)22)17-10-18(26)25(20(23)24-17)11-13-6-8-14(27-2)9-7-13/h3-10,12H,11H2,1-2H3,(H2,23,24). The van der Waals surface area contributed by atoms with Crippen LogP contribution in [0, 0.1) is 11.6 Å². The molecule has 140 valence electrons. The highest BCUT2D eigenvalue weighted by Crippen LogP contribution is 2.27. The summed E-state index contributed by atoms with van der Waals surface area (Å²) in [6, 6.07) is 12.1. The third-order valence-corrected chi connectivity index (χ3v) is 4.43. The molecule has 0 aliphatic heterocycles. The van der Waals surface area contributed by atoms with Gasteiger partial charge < -0.3 is 10.5 Å². The van der Waals surface area contributed by atoms with Crippen LogP contribution in [0.2, 0.25) is 0 Å². The molecule has 0 fully saturated rings. The molecule has 0 aliphatic rings. The molecule has 1 heterocycles. The summed E-state index contributed by atoms with van der Waals surface area (Å²) in [6.45, 7) is 1.81. The zero-order valence-electron chi connectivity index (χ0n) is 14.9. The number of benzene rings is 2. The number of methoxy groups -OCH3 is 1. The van der Waals surface area contributed by atoms with Crippen molar-refractivity contribution in [3.8, 4) is 5.75 Å². The van der Waals surface area contributed by atoms with Crippen LogP contribution in [0.1, 0.15) is 29.7 Å². The fourth-order valence-corrected chi connectivity index (χ4v) is 2.91. The first kappa shape index (κ1) is 18.6. The highest BCUT2D eigenvalue weighted by molar-refractivity contribution is 5.34. The third-order valence-electron chi connectivity index (χ3n) is 4.43. The van der Waals surface area contributed by atoms with Crippen molar-refractivity contribution in [2.75, 3.05) is 12.8 Å². The van der Waals surface area contributed by atoms with Gasteiger partial charge in [0, 0.05) is 17.5 Å². The number of aromatic nitrogens is 2. The van der Waals surface area contributed by atoms with Gasteiger partial charge in [-0.2, -0.15) is 0 Å². The van der Waals surface area contributed by atoms with Gasteiger partial charge in [0.05, 0.1) is 19.3 Å². The second-order valence-electron chi connectivity index (χ2n) is 6.17. The smallest absolute Gasteiger partial charge is 0.255 e. The molecule has 0 amide bonds. The van der Waals surface area contributed by atoms with Gasteiger partial charge in [-0.25, -0.2) is 13.8 Å². The molecule has 1 atom stereocenters. The Hall–Kier alpha value is -3.22. The molecular formula is C20H19F2N3O2. The van der Waals surface area contributed by atoms with E-state index in [1.165, 1.54) is 28.8 Å². The number of nitrogens with two attached hydrogens (primary N) is 1. The van der Waals surface area contributed by atoms with Crippen LogP contribution in [-0.4, -0.2) is 16.7 Å². The van der Waals surface area contributed by atoms with Gasteiger partial charge in [-0.3, -0.25) is 9.36 Å². The van der Waals surface area contributed by atoms with Crippen LogP contribution in [0.15, 0.2) is 53.3 Å². The fraction of sp³-hybridized carbons (Fsp3) is 0.200. The predicted molar refractivity (Wildman–Crippen MR) is 98.9 cm³/mol. The minimum Gasteiger partial charge on any atom is -0.497 e. The van der Waals surface area contributed by atoms with Crippen molar-refractivity contribution in [2.24, 2.45) is 0 Å². The number of halogens is 2. The van der Waals surface area contributed by atoms with Crippen LogP contribution < -0.4 is 16.0 Å². The molecule has 27 heavy (non-hydrogen) atoms. The van der Waals surface area contributed by atoms with E-state index >= 15 is 0 Å². The molecule has 2 aromatic carbocycles. The Labute approximate surface area is 155 Å². The second-order valence-corrected chi connectivity index (χ2v) is 6.17. The lowest BCUT2D eigenvalue weighted by Gasteiger charge is -2.16. The number of anilines is 1. The molecular weight excluding hydrogens is 352 g/mol. The van der Waals surface area contributed by atoms with E-state index in [0.29, 0.717) is 5.75 Å². The lowest BCUT2D eigenvalue weighted by molar-refractivity contribution is 0.414. The fourth-order valence-electron chi connectivity index (χ4n) is 2.91. The molecule has 1 aromatic heterocycles. The molecule has 0 saturated heterocycles. The molecule has 7 heteroatoms. The number of ether oxygens (including phenoxy) is 1. The highest BCUT2D eigenvalue weighted by Gasteiger charge is 2.20. The van der Waals surface area contributed by atoms with Gasteiger partial charge in [-0.1, -0.05) is 25.1 Å². The first-order chi connectivity index (χ1) is 12.9. The maximum atomic E-state index is 14.0. The number of hydrogen-bond donors (Lipinski definition) is 1. The summed E-state index contributed by atoms with van der Waals surface area (Å²) in [6.07, 6.45) is 0. The molecule has 0 bridgehead atoms. The van der Waals surface area contributed by atoms with E-state index in [9.17, 15) is 13.6 Å². The van der Waals surface area contributed by atoms with Crippen molar-refractivity contribution >= 4 is 5.95 Å². The Morgan fingerprint density at radius 3 is 2.33 bits per heavy atom. The molecule has 0 radical (unpaired) electrons. The summed E-state index contributed by atoms with van der Waals surface area (Å²) in [5.74, 6) is -1.45. The Bertz CT molecular complexity index is 996. The Balaban J connectivity index is 1.93. The van der Waals surface area contributed by atoms with E-state index in [1.807, 2.05) is 12.1 Å². The van der Waals surface area contributed by atoms with Crippen LogP contribution in [0.4, 0.5) is 14.7 Å². The molecule has 1 unspecified atom stereocenters. The maximum absolute atomic E-state index is 14.0. The van der Waals surface area contributed by atoms with Gasteiger partial charge in [0.1, 0.15) is 17.4 Å². The maximum Gasteiger partial charge on any atom is 0.255 e. The molecule has 2 N–H and O–H groups in total. The Morgan fingerprint density at radius 1 is 1.15 bits per heavy atom. The van der Waals surface area contributed by atoms with Crippen LogP contribution in [-0.2, 0) is 6.54 Å². The lowest BCUT2D eigenvalue weighted by Crippen LogP contribution is -2.26. The highest BCUT2D eigenvalue weighted by atomic mass is 19.1. The number of nitrogen functional groups attached to an aromatic ring is 1. The van der Waals surface area contributed by atoms with E-state index in [4.69, 9.17) is 10.5 Å². The van der Waals surface area contributed by atoms with Crippen LogP contribution in [0.25, 0.3) is 0 Å². The largest absolute Gasteiger partial charge is 0.497 e. The average molecular weight is 371 g/mol. The average Bonchev–Trinajstić information content (AvgIpc) is 2.64. The topological polar surface area (TPSA) is 70.1 Å². The summed E-state index contributed by atoms with van der Waals surface area (Å²) < 4.78 is 34.5. The second kappa shape index (κ2) is 7.57. The lowest BCUT2D eigenvalue weighted by atomic mass is 9.96. The summed E-state index contributed by atoms with van der Waals surface area (Å²) in [5, 5.41) is 0. The van der Waals surface area contributed by atoms with E-state index in [1.54, 1.807) is 26.2 Å². The van der Waals surface area contributed by atoms with E-state index in [0.717, 1.165) is 5.56 Å². The summed E-state index contributed by atoms with van der Waals surface area (Å²) in [7, 11) is 1.57. The van der Waals surface area contributed by atoms with Crippen LogP contribution >= 0.6 is 0 Å². The van der Waals surface area contributed by atoms with Crippen LogP contribution in [0.5, 0.6) is 5.75 Å². The van der Waals surface area contributed by atoms with Gasteiger partial charge >= 0.3 is 0 Å². The first-order valence-corrected chi connectivity index (χ1v) is 8.34. The van der Waals surface area contributed by atoms with Gasteiger partial charge in [0.15, 0.2) is 0 Å². The van der Waals surface area contributed by atoms with Crippen molar-refractivity contribution in [2.45, 2.75) is 19.4 Å². The van der Waals surface area contributed by atoms with Crippen molar-refractivity contribution in [1.82, 2.24) is 9.55 Å². The zero-order chi connectivity index (χ0) is 19.6. The predicted octanol–water partition coefficient (Wildman–Crippen LogP) is 3.31. The zero-order valence-corrected chi connectivity index (χ0v) is 14.9. The van der Waals surface area contributed by atoms with Crippen molar-refractivity contribution in [1.29, 1.82) is 0 Å². The Kier molecular flexibility index (Phi) is 5.21. The van der Waals surface area contributed by atoms with Gasteiger partial charge in [-0.05, 0) is 29.8 Å². The van der Waals surface area contributed by atoms with Crippen molar-refractivity contribution in [3.05, 3.63) is 87.3 Å². The summed E-state index contributed by atoms with van der Waals surface area (Å²) in [5.41, 5.74) is 6.48. The minimum atomic E-state index is -0.753. The first-order valence-electron chi connectivity index (χ1n) is 8.34. The van der Waals surface area contributed by atoms with E-state index in [-0.39, 0.29) is 23.8 Å².